The topological polar surface area (TPSA) is 146 Å². The van der Waals surface area contributed by atoms with Gasteiger partial charge in [-0.1, -0.05) is 11.6 Å². The second-order valence-electron chi connectivity index (χ2n) is 10.0. The number of cyclic esters (lactones) is 1. The van der Waals surface area contributed by atoms with Crippen LogP contribution in [0.15, 0.2) is 36.4 Å². The Hall–Kier alpha value is -3.52. The van der Waals surface area contributed by atoms with E-state index in [-0.39, 0.29) is 49.2 Å². The number of aliphatic hydroxyl groups is 1. The number of benzene rings is 1. The van der Waals surface area contributed by atoms with Gasteiger partial charge in [-0.3, -0.25) is 29.0 Å². The number of aliphatic hydroxyl groups excluding tert-OH is 1. The summed E-state index contributed by atoms with van der Waals surface area (Å²) in [7, 11) is 0. The SMILES string of the molecule is CC(O)CC(=O)NCCCCC(=O)N(CC1CN(c2ccc(N3CCOCC3=O)cc2)C(=O)O1)C(=O)c1ccc(Cl)s1. The summed E-state index contributed by atoms with van der Waals surface area (Å²) in [6.45, 7) is 2.75. The lowest BCUT2D eigenvalue weighted by atomic mass is 10.2. The number of ether oxygens (including phenoxy) is 2. The first kappa shape index (κ1) is 31.4. The lowest BCUT2D eigenvalue weighted by molar-refractivity contribution is -0.129. The Balaban J connectivity index is 1.37. The Morgan fingerprint density at radius 3 is 2.48 bits per heavy atom. The summed E-state index contributed by atoms with van der Waals surface area (Å²) in [5.74, 6) is -1.39. The number of amides is 5. The molecule has 42 heavy (non-hydrogen) atoms. The smallest absolute Gasteiger partial charge is 0.414 e. The molecule has 12 nitrogen and oxygen atoms in total. The van der Waals surface area contributed by atoms with E-state index in [0.29, 0.717) is 48.2 Å². The number of nitrogens with one attached hydrogen (secondary N) is 1. The molecule has 2 aromatic rings. The molecule has 2 unspecified atom stereocenters. The van der Waals surface area contributed by atoms with Gasteiger partial charge in [-0.25, -0.2) is 4.79 Å². The van der Waals surface area contributed by atoms with Crippen molar-refractivity contribution in [2.24, 2.45) is 0 Å². The summed E-state index contributed by atoms with van der Waals surface area (Å²) in [5, 5.41) is 12.0. The lowest BCUT2D eigenvalue weighted by Gasteiger charge is -2.27. The lowest BCUT2D eigenvalue weighted by Crippen LogP contribution is -2.43. The molecule has 0 aliphatic carbocycles. The van der Waals surface area contributed by atoms with Crippen molar-refractivity contribution in [3.8, 4) is 0 Å². The van der Waals surface area contributed by atoms with Gasteiger partial charge in [0.2, 0.25) is 11.8 Å². The fourth-order valence-corrected chi connectivity index (χ4v) is 5.59. The first-order valence-electron chi connectivity index (χ1n) is 13.6. The molecule has 14 heteroatoms. The number of carbonyl (C=O) groups excluding carboxylic acids is 5. The van der Waals surface area contributed by atoms with Gasteiger partial charge in [0.05, 0.1) is 41.4 Å². The van der Waals surface area contributed by atoms with Crippen molar-refractivity contribution in [1.29, 1.82) is 0 Å². The Labute approximate surface area is 252 Å². The van der Waals surface area contributed by atoms with E-state index >= 15 is 0 Å². The van der Waals surface area contributed by atoms with Gasteiger partial charge in [0.1, 0.15) is 12.7 Å². The molecule has 0 bridgehead atoms. The molecule has 0 radical (unpaired) electrons. The molecule has 1 aromatic heterocycles. The number of hydrogen-bond acceptors (Lipinski definition) is 9. The molecule has 5 amide bonds. The standard InChI is InChI=1S/C28H33ClN4O8S/c1-18(34)14-24(35)30-11-3-2-4-25(36)33(27(38)22-9-10-23(29)42-22)16-21-15-32(28(39)41-21)20-7-5-19(6-8-20)31-12-13-40-17-26(31)37/h5-10,18,21,34H,2-4,11-17H2,1H3,(H,30,35). The fourth-order valence-electron chi connectivity index (χ4n) is 4.60. The highest BCUT2D eigenvalue weighted by Crippen LogP contribution is 2.27. The average Bonchev–Trinajstić information content (AvgIpc) is 3.56. The zero-order chi connectivity index (χ0) is 30.2. The molecule has 2 aliphatic heterocycles. The molecule has 1 aromatic carbocycles. The van der Waals surface area contributed by atoms with Crippen LogP contribution in [0, 0.1) is 0 Å². The van der Waals surface area contributed by atoms with Crippen molar-refractivity contribution < 1.29 is 38.6 Å². The van der Waals surface area contributed by atoms with Crippen LogP contribution in [-0.2, 0) is 23.9 Å². The molecule has 3 heterocycles. The molecule has 4 rings (SSSR count). The van der Waals surface area contributed by atoms with Crippen molar-refractivity contribution >= 4 is 64.0 Å². The Kier molecular flexibility index (Phi) is 10.9. The molecular weight excluding hydrogens is 588 g/mol. The Bertz CT molecular complexity index is 1300. The van der Waals surface area contributed by atoms with E-state index in [1.807, 2.05) is 0 Å². The van der Waals surface area contributed by atoms with Gasteiger partial charge in [-0.15, -0.1) is 11.3 Å². The van der Waals surface area contributed by atoms with Crippen molar-refractivity contribution in [3.63, 3.8) is 0 Å². The van der Waals surface area contributed by atoms with E-state index in [1.165, 1.54) is 11.8 Å². The third kappa shape index (κ3) is 8.28. The Morgan fingerprint density at radius 1 is 1.12 bits per heavy atom. The number of rotatable bonds is 12. The van der Waals surface area contributed by atoms with Gasteiger partial charge < -0.3 is 24.8 Å². The van der Waals surface area contributed by atoms with Gasteiger partial charge >= 0.3 is 6.09 Å². The quantitative estimate of drug-likeness (QED) is 0.345. The summed E-state index contributed by atoms with van der Waals surface area (Å²) >= 11 is 7.07. The second-order valence-corrected chi connectivity index (χ2v) is 11.7. The first-order chi connectivity index (χ1) is 20.1. The fraction of sp³-hybridized carbons (Fsp3) is 0.464. The average molecular weight is 621 g/mol. The van der Waals surface area contributed by atoms with E-state index in [0.717, 1.165) is 16.2 Å². The van der Waals surface area contributed by atoms with E-state index in [1.54, 1.807) is 41.3 Å². The minimum absolute atomic E-state index is 0.000594. The summed E-state index contributed by atoms with van der Waals surface area (Å²) in [4.78, 5) is 67.5. The van der Waals surface area contributed by atoms with Gasteiger partial charge in [0, 0.05) is 30.9 Å². The van der Waals surface area contributed by atoms with Gasteiger partial charge in [-0.05, 0) is 56.2 Å². The van der Waals surface area contributed by atoms with Gasteiger partial charge in [0.25, 0.3) is 11.8 Å². The van der Waals surface area contributed by atoms with Crippen molar-refractivity contribution in [1.82, 2.24) is 10.2 Å². The van der Waals surface area contributed by atoms with E-state index in [9.17, 15) is 29.1 Å². The molecule has 2 N–H and O–H groups in total. The monoisotopic (exact) mass is 620 g/mol. The highest BCUT2D eigenvalue weighted by atomic mass is 35.5. The number of unbranched alkanes of at least 4 members (excludes halogenated alkanes) is 1. The zero-order valence-electron chi connectivity index (χ0n) is 23.1. The van der Waals surface area contributed by atoms with Crippen LogP contribution in [0.25, 0.3) is 0 Å². The van der Waals surface area contributed by atoms with Crippen LogP contribution >= 0.6 is 22.9 Å². The highest BCUT2D eigenvalue weighted by Gasteiger charge is 2.36. The number of nitrogens with zero attached hydrogens (tertiary/aromatic N) is 3. The van der Waals surface area contributed by atoms with Gasteiger partial charge in [0.15, 0.2) is 0 Å². The molecule has 0 saturated carbocycles. The number of thiophene rings is 1. The largest absolute Gasteiger partial charge is 0.442 e. The van der Waals surface area contributed by atoms with Crippen molar-refractivity contribution in [2.75, 3.05) is 49.2 Å². The third-order valence-corrected chi connectivity index (χ3v) is 7.89. The van der Waals surface area contributed by atoms with Crippen LogP contribution in [0.5, 0.6) is 0 Å². The molecular formula is C28H33ClN4O8S. The van der Waals surface area contributed by atoms with Crippen LogP contribution in [0.4, 0.5) is 16.2 Å². The second kappa shape index (κ2) is 14.6. The molecule has 2 saturated heterocycles. The van der Waals surface area contributed by atoms with Crippen LogP contribution in [0.3, 0.4) is 0 Å². The highest BCUT2D eigenvalue weighted by molar-refractivity contribution is 7.18. The van der Waals surface area contributed by atoms with Crippen LogP contribution < -0.4 is 15.1 Å². The van der Waals surface area contributed by atoms with Gasteiger partial charge in [-0.2, -0.15) is 0 Å². The van der Waals surface area contributed by atoms with E-state index < -0.39 is 30.1 Å². The molecule has 226 valence electrons. The predicted octanol–water partition coefficient (Wildman–Crippen LogP) is 2.82. The molecule has 2 fully saturated rings. The van der Waals surface area contributed by atoms with Crippen LogP contribution in [-0.4, -0.2) is 91.3 Å². The number of anilines is 2. The minimum Gasteiger partial charge on any atom is -0.442 e. The molecule has 2 aliphatic rings. The van der Waals surface area contributed by atoms with E-state index in [4.69, 9.17) is 21.1 Å². The van der Waals surface area contributed by atoms with Crippen molar-refractivity contribution in [2.45, 2.75) is 44.8 Å². The maximum absolute atomic E-state index is 13.3. The maximum Gasteiger partial charge on any atom is 0.414 e. The number of morpholine rings is 1. The maximum atomic E-state index is 13.3. The molecule has 2 atom stereocenters. The molecule has 0 spiro atoms. The summed E-state index contributed by atoms with van der Waals surface area (Å²) in [6, 6.07) is 10.0. The predicted molar refractivity (Wildman–Crippen MR) is 156 cm³/mol. The first-order valence-corrected chi connectivity index (χ1v) is 14.8. The summed E-state index contributed by atoms with van der Waals surface area (Å²) < 4.78 is 11.1. The third-order valence-electron chi connectivity index (χ3n) is 6.67. The van der Waals surface area contributed by atoms with Crippen LogP contribution in [0.1, 0.15) is 42.3 Å². The Morgan fingerprint density at radius 2 is 1.83 bits per heavy atom. The van der Waals surface area contributed by atoms with E-state index in [2.05, 4.69) is 5.32 Å². The zero-order valence-corrected chi connectivity index (χ0v) is 24.7. The van der Waals surface area contributed by atoms with Crippen LogP contribution in [0.2, 0.25) is 4.34 Å². The number of carbonyl (C=O) groups is 5. The summed E-state index contributed by atoms with van der Waals surface area (Å²) in [5.41, 5.74) is 1.24. The number of halogens is 1. The van der Waals surface area contributed by atoms with Crippen molar-refractivity contribution in [3.05, 3.63) is 45.6 Å². The minimum atomic E-state index is -0.763. The number of imide groups is 1. The summed E-state index contributed by atoms with van der Waals surface area (Å²) in [6.07, 6.45) is -1.15. The number of hydrogen-bond donors (Lipinski definition) is 2. The normalized spacial score (nSPS) is 17.6.